The Morgan fingerprint density at radius 3 is 2.70 bits per heavy atom. The van der Waals surface area contributed by atoms with Crippen LogP contribution in [0.25, 0.3) is 5.70 Å². The minimum atomic E-state index is 0.583. The summed E-state index contributed by atoms with van der Waals surface area (Å²) >= 11 is 7.32. The van der Waals surface area contributed by atoms with Crippen LogP contribution in [-0.4, -0.2) is 10.8 Å². The standard InChI is InChI=1S/C14H13ClN4S/c1-2-13(18-11-5-3-10(15)4-6-11)19-12(9-16)14-17-7-8-20-14/h2-9H,1,16H2,(H,18,19)/b12-9-. The molecule has 6 heteroatoms. The molecule has 4 nitrogen and oxygen atoms in total. The van der Waals surface area contributed by atoms with Crippen molar-refractivity contribution in [1.82, 2.24) is 4.98 Å². The van der Waals surface area contributed by atoms with Crippen molar-refractivity contribution in [3.63, 3.8) is 0 Å². The van der Waals surface area contributed by atoms with Crippen LogP contribution >= 0.6 is 22.9 Å². The van der Waals surface area contributed by atoms with E-state index < -0.39 is 0 Å². The lowest BCUT2D eigenvalue weighted by atomic mass is 10.3. The fourth-order valence-corrected chi connectivity index (χ4v) is 2.17. The monoisotopic (exact) mass is 304 g/mol. The number of aliphatic imine (C=N–C) groups is 1. The number of benzene rings is 1. The molecular formula is C14H13ClN4S. The van der Waals surface area contributed by atoms with Gasteiger partial charge in [0.05, 0.1) is 0 Å². The largest absolute Gasteiger partial charge is 0.403 e. The highest BCUT2D eigenvalue weighted by molar-refractivity contribution is 7.10. The van der Waals surface area contributed by atoms with Gasteiger partial charge < -0.3 is 11.1 Å². The fourth-order valence-electron chi connectivity index (χ4n) is 1.44. The summed E-state index contributed by atoms with van der Waals surface area (Å²) < 4.78 is 0. The Hall–Kier alpha value is -2.11. The molecular weight excluding hydrogens is 292 g/mol. The summed E-state index contributed by atoms with van der Waals surface area (Å²) in [6.07, 6.45) is 4.75. The van der Waals surface area contributed by atoms with Gasteiger partial charge in [-0.3, -0.25) is 0 Å². The SMILES string of the molecule is C=CC(=N/C(=C\N)c1nccs1)Nc1ccc(Cl)cc1. The third-order valence-corrected chi connectivity index (χ3v) is 3.41. The normalized spacial score (nSPS) is 12.2. The molecule has 1 heterocycles. The van der Waals surface area contributed by atoms with E-state index in [2.05, 4.69) is 21.9 Å². The molecule has 0 atom stereocenters. The van der Waals surface area contributed by atoms with E-state index in [-0.39, 0.29) is 0 Å². The minimum absolute atomic E-state index is 0.583. The second kappa shape index (κ2) is 6.88. The van der Waals surface area contributed by atoms with Crippen molar-refractivity contribution < 1.29 is 0 Å². The van der Waals surface area contributed by atoms with E-state index in [0.29, 0.717) is 16.6 Å². The van der Waals surface area contributed by atoms with Crippen LogP contribution < -0.4 is 11.1 Å². The maximum absolute atomic E-state index is 5.85. The van der Waals surface area contributed by atoms with Crippen LogP contribution in [0.4, 0.5) is 5.69 Å². The van der Waals surface area contributed by atoms with Crippen molar-refractivity contribution in [2.24, 2.45) is 10.7 Å². The first-order valence-electron chi connectivity index (χ1n) is 5.78. The van der Waals surface area contributed by atoms with E-state index in [1.807, 2.05) is 17.5 Å². The van der Waals surface area contributed by atoms with Gasteiger partial charge in [0.25, 0.3) is 0 Å². The molecule has 1 aromatic heterocycles. The third-order valence-electron chi connectivity index (χ3n) is 2.36. The highest BCUT2D eigenvalue weighted by Gasteiger charge is 2.04. The Balaban J connectivity index is 2.21. The van der Waals surface area contributed by atoms with Crippen LogP contribution in [0.5, 0.6) is 0 Å². The Kier molecular flexibility index (Phi) is 4.92. The van der Waals surface area contributed by atoms with E-state index in [9.17, 15) is 0 Å². The maximum atomic E-state index is 5.85. The van der Waals surface area contributed by atoms with E-state index in [0.717, 1.165) is 10.7 Å². The average Bonchev–Trinajstić information content (AvgIpc) is 2.99. The number of aromatic nitrogens is 1. The summed E-state index contributed by atoms with van der Waals surface area (Å²) in [5.74, 6) is 0.583. The molecule has 0 aliphatic carbocycles. The van der Waals surface area contributed by atoms with Gasteiger partial charge in [0.2, 0.25) is 0 Å². The summed E-state index contributed by atoms with van der Waals surface area (Å²) in [4.78, 5) is 8.59. The number of anilines is 1. The van der Waals surface area contributed by atoms with Gasteiger partial charge in [0.1, 0.15) is 16.5 Å². The second-order valence-corrected chi connectivity index (χ2v) is 5.05. The van der Waals surface area contributed by atoms with Crippen LogP contribution in [0.15, 0.2) is 59.7 Å². The van der Waals surface area contributed by atoms with Gasteiger partial charge in [0.15, 0.2) is 0 Å². The molecule has 0 saturated heterocycles. The lowest BCUT2D eigenvalue weighted by molar-refractivity contribution is 1.33. The number of halogens is 1. The molecule has 0 amide bonds. The van der Waals surface area contributed by atoms with Gasteiger partial charge in [-0.05, 0) is 30.3 Å². The van der Waals surface area contributed by atoms with Crippen molar-refractivity contribution in [1.29, 1.82) is 0 Å². The highest BCUT2D eigenvalue weighted by Crippen LogP contribution is 2.18. The number of nitrogens with zero attached hydrogens (tertiary/aromatic N) is 2. The van der Waals surface area contributed by atoms with E-state index in [1.54, 1.807) is 24.4 Å². The number of hydrogen-bond acceptors (Lipinski definition) is 4. The number of nitrogens with two attached hydrogens (primary N) is 1. The van der Waals surface area contributed by atoms with Crippen LogP contribution in [0, 0.1) is 0 Å². The Labute approximate surface area is 126 Å². The van der Waals surface area contributed by atoms with Gasteiger partial charge in [-0.15, -0.1) is 11.3 Å². The molecule has 0 aliphatic rings. The second-order valence-electron chi connectivity index (χ2n) is 3.72. The van der Waals surface area contributed by atoms with Gasteiger partial charge in [-0.2, -0.15) is 0 Å². The van der Waals surface area contributed by atoms with Gasteiger partial charge in [-0.1, -0.05) is 18.2 Å². The zero-order chi connectivity index (χ0) is 14.4. The van der Waals surface area contributed by atoms with Gasteiger partial charge in [-0.25, -0.2) is 9.98 Å². The summed E-state index contributed by atoms with van der Waals surface area (Å²) in [6, 6.07) is 7.31. The zero-order valence-corrected chi connectivity index (χ0v) is 12.2. The van der Waals surface area contributed by atoms with Crippen molar-refractivity contribution in [2.75, 3.05) is 5.32 Å². The molecule has 0 fully saturated rings. The van der Waals surface area contributed by atoms with Crippen molar-refractivity contribution >= 4 is 40.2 Å². The molecule has 102 valence electrons. The quantitative estimate of drug-likeness (QED) is 0.668. The number of amidine groups is 1. The predicted octanol–water partition coefficient (Wildman–Crippen LogP) is 3.75. The van der Waals surface area contributed by atoms with E-state index >= 15 is 0 Å². The first-order chi connectivity index (χ1) is 9.72. The average molecular weight is 305 g/mol. The number of nitrogens with one attached hydrogen (secondary N) is 1. The van der Waals surface area contributed by atoms with Crippen molar-refractivity contribution in [3.8, 4) is 0 Å². The molecule has 0 saturated carbocycles. The molecule has 2 rings (SSSR count). The first kappa shape index (κ1) is 14.3. The molecule has 1 aromatic carbocycles. The van der Waals surface area contributed by atoms with E-state index in [4.69, 9.17) is 17.3 Å². The minimum Gasteiger partial charge on any atom is -0.403 e. The number of rotatable bonds is 4. The molecule has 2 aromatic rings. The smallest absolute Gasteiger partial charge is 0.143 e. The summed E-state index contributed by atoms with van der Waals surface area (Å²) in [5.41, 5.74) is 7.06. The molecule has 0 unspecified atom stereocenters. The predicted molar refractivity (Wildman–Crippen MR) is 87.0 cm³/mol. The van der Waals surface area contributed by atoms with Crippen molar-refractivity contribution in [3.05, 3.63) is 64.7 Å². The maximum Gasteiger partial charge on any atom is 0.143 e. The lowest BCUT2D eigenvalue weighted by Gasteiger charge is -2.07. The fraction of sp³-hybridized carbons (Fsp3) is 0. The Morgan fingerprint density at radius 1 is 1.40 bits per heavy atom. The van der Waals surface area contributed by atoms with Crippen LogP contribution in [0.2, 0.25) is 5.02 Å². The van der Waals surface area contributed by atoms with Gasteiger partial charge in [0, 0.05) is 28.5 Å². The molecule has 0 bridgehead atoms. The van der Waals surface area contributed by atoms with Crippen LogP contribution in [0.1, 0.15) is 5.01 Å². The number of thiazole rings is 1. The lowest BCUT2D eigenvalue weighted by Crippen LogP contribution is -2.09. The summed E-state index contributed by atoms with van der Waals surface area (Å²) in [6.45, 7) is 3.74. The molecule has 0 aliphatic heterocycles. The highest BCUT2D eigenvalue weighted by atomic mass is 35.5. The Morgan fingerprint density at radius 2 is 2.15 bits per heavy atom. The summed E-state index contributed by atoms with van der Waals surface area (Å²) in [7, 11) is 0. The number of hydrogen-bond donors (Lipinski definition) is 2. The molecule has 3 N–H and O–H groups in total. The Bertz CT molecular complexity index is 630. The van der Waals surface area contributed by atoms with Crippen LogP contribution in [-0.2, 0) is 0 Å². The molecule has 0 spiro atoms. The first-order valence-corrected chi connectivity index (χ1v) is 7.04. The zero-order valence-electron chi connectivity index (χ0n) is 10.6. The summed E-state index contributed by atoms with van der Waals surface area (Å²) in [5, 5.41) is 6.44. The van der Waals surface area contributed by atoms with Gasteiger partial charge >= 0.3 is 0 Å². The van der Waals surface area contributed by atoms with Crippen molar-refractivity contribution in [2.45, 2.75) is 0 Å². The van der Waals surface area contributed by atoms with E-state index in [1.165, 1.54) is 17.5 Å². The molecule has 0 radical (unpaired) electrons. The molecule has 20 heavy (non-hydrogen) atoms. The third kappa shape index (κ3) is 3.69. The topological polar surface area (TPSA) is 63.3 Å². The van der Waals surface area contributed by atoms with Crippen LogP contribution in [0.3, 0.4) is 0 Å².